The summed E-state index contributed by atoms with van der Waals surface area (Å²) in [5.74, 6) is 0.826. The summed E-state index contributed by atoms with van der Waals surface area (Å²) in [7, 11) is 3.41. The van der Waals surface area contributed by atoms with Gasteiger partial charge in [-0.3, -0.25) is 0 Å². The summed E-state index contributed by atoms with van der Waals surface area (Å²) in [4.78, 5) is 0. The first-order valence-electron chi connectivity index (χ1n) is 4.78. The summed E-state index contributed by atoms with van der Waals surface area (Å²) in [5.41, 5.74) is 3.70. The lowest BCUT2D eigenvalue weighted by Crippen LogP contribution is -2.04. The van der Waals surface area contributed by atoms with Crippen LogP contribution >= 0.6 is 0 Å². The minimum absolute atomic E-state index is 0.559. The fraction of sp³-hybridized carbons (Fsp3) is 0.364. The molecule has 0 saturated carbocycles. The van der Waals surface area contributed by atoms with E-state index in [4.69, 9.17) is 9.47 Å². The third-order valence-electron chi connectivity index (χ3n) is 1.76. The Morgan fingerprint density at radius 2 is 2.27 bits per heavy atom. The zero-order valence-electron chi connectivity index (χ0n) is 9.06. The van der Waals surface area contributed by atoms with Crippen LogP contribution in [0.3, 0.4) is 0 Å². The van der Waals surface area contributed by atoms with Crippen molar-refractivity contribution >= 4 is 6.21 Å². The molecule has 0 spiro atoms. The fourth-order valence-corrected chi connectivity index (χ4v) is 1.07. The largest absolute Gasteiger partial charge is 0.491 e. The van der Waals surface area contributed by atoms with E-state index in [-0.39, 0.29) is 0 Å². The molecule has 0 bridgehead atoms. The van der Waals surface area contributed by atoms with Crippen LogP contribution in [-0.4, -0.2) is 33.6 Å². The normalized spacial score (nSPS) is 10.5. The molecule has 15 heavy (non-hydrogen) atoms. The number of methoxy groups -OCH3 is 1. The number of nitrogens with one attached hydrogen (secondary N) is 1. The van der Waals surface area contributed by atoms with Gasteiger partial charge in [0, 0.05) is 14.2 Å². The summed E-state index contributed by atoms with van der Waals surface area (Å²) in [6, 6.07) is 7.73. The molecule has 0 unspecified atom stereocenters. The molecular weight excluding hydrogens is 192 g/mol. The van der Waals surface area contributed by atoms with Crippen molar-refractivity contribution in [1.29, 1.82) is 0 Å². The number of rotatable bonds is 6. The molecule has 0 heterocycles. The van der Waals surface area contributed by atoms with Crippen LogP contribution in [0.5, 0.6) is 5.75 Å². The molecule has 1 N–H and O–H groups in total. The lowest BCUT2D eigenvalue weighted by Gasteiger charge is -2.05. The van der Waals surface area contributed by atoms with Gasteiger partial charge < -0.3 is 14.9 Å². The Labute approximate surface area is 89.9 Å². The molecule has 0 saturated heterocycles. The fourth-order valence-electron chi connectivity index (χ4n) is 1.07. The lowest BCUT2D eigenvalue weighted by atomic mass is 10.2. The predicted molar refractivity (Wildman–Crippen MR) is 60.5 cm³/mol. The average Bonchev–Trinajstić information content (AvgIpc) is 2.27. The van der Waals surface area contributed by atoms with Crippen molar-refractivity contribution in [1.82, 2.24) is 5.43 Å². The molecule has 0 fully saturated rings. The van der Waals surface area contributed by atoms with E-state index in [1.165, 1.54) is 0 Å². The Morgan fingerprint density at radius 3 is 3.00 bits per heavy atom. The standard InChI is InChI=1S/C11H16N2O2/c1-12-13-9-10-4-3-5-11(8-10)15-7-6-14-2/h3-5,8-9,12H,6-7H2,1-2H3/b13-9+. The van der Waals surface area contributed by atoms with Crippen molar-refractivity contribution in [2.24, 2.45) is 5.10 Å². The quantitative estimate of drug-likeness (QED) is 0.435. The van der Waals surface area contributed by atoms with Gasteiger partial charge in [-0.05, 0) is 17.7 Å². The van der Waals surface area contributed by atoms with Gasteiger partial charge in [0.2, 0.25) is 0 Å². The second-order valence-corrected chi connectivity index (χ2v) is 2.90. The number of benzene rings is 1. The summed E-state index contributed by atoms with van der Waals surface area (Å²) < 4.78 is 10.4. The summed E-state index contributed by atoms with van der Waals surface area (Å²) in [6.45, 7) is 1.15. The molecule has 4 nitrogen and oxygen atoms in total. The topological polar surface area (TPSA) is 42.9 Å². The highest BCUT2D eigenvalue weighted by atomic mass is 16.5. The van der Waals surface area contributed by atoms with Crippen LogP contribution in [0.1, 0.15) is 5.56 Å². The first kappa shape index (κ1) is 11.5. The second kappa shape index (κ2) is 6.84. The van der Waals surface area contributed by atoms with Gasteiger partial charge in [0.05, 0.1) is 12.8 Å². The molecule has 0 atom stereocenters. The monoisotopic (exact) mass is 208 g/mol. The number of hydrogen-bond acceptors (Lipinski definition) is 4. The van der Waals surface area contributed by atoms with Crippen molar-refractivity contribution in [3.05, 3.63) is 29.8 Å². The predicted octanol–water partition coefficient (Wildman–Crippen LogP) is 1.27. The lowest BCUT2D eigenvalue weighted by molar-refractivity contribution is 0.146. The first-order chi connectivity index (χ1) is 7.36. The molecule has 0 radical (unpaired) electrons. The third kappa shape index (κ3) is 4.46. The Balaban J connectivity index is 2.53. The Bertz CT molecular complexity index is 313. The van der Waals surface area contributed by atoms with Gasteiger partial charge in [0.25, 0.3) is 0 Å². The molecular formula is C11H16N2O2. The molecule has 82 valence electrons. The van der Waals surface area contributed by atoms with Gasteiger partial charge in [-0.2, -0.15) is 5.10 Å². The molecule has 0 aliphatic heterocycles. The first-order valence-corrected chi connectivity index (χ1v) is 4.78. The maximum atomic E-state index is 5.46. The Kier molecular flexibility index (Phi) is 5.25. The van der Waals surface area contributed by atoms with E-state index in [2.05, 4.69) is 10.5 Å². The SMILES string of the molecule is CN/N=C/c1cccc(OCCOC)c1. The van der Waals surface area contributed by atoms with Crippen LogP contribution in [0, 0.1) is 0 Å². The van der Waals surface area contributed by atoms with E-state index in [1.807, 2.05) is 24.3 Å². The minimum atomic E-state index is 0.559. The van der Waals surface area contributed by atoms with E-state index >= 15 is 0 Å². The van der Waals surface area contributed by atoms with E-state index in [1.54, 1.807) is 20.4 Å². The number of ether oxygens (including phenoxy) is 2. The van der Waals surface area contributed by atoms with Gasteiger partial charge in [-0.1, -0.05) is 12.1 Å². The smallest absolute Gasteiger partial charge is 0.120 e. The van der Waals surface area contributed by atoms with E-state index < -0.39 is 0 Å². The molecule has 0 aliphatic carbocycles. The van der Waals surface area contributed by atoms with Gasteiger partial charge >= 0.3 is 0 Å². The van der Waals surface area contributed by atoms with E-state index in [0.717, 1.165) is 11.3 Å². The van der Waals surface area contributed by atoms with Crippen LogP contribution < -0.4 is 10.2 Å². The van der Waals surface area contributed by atoms with Crippen LogP contribution in [0.15, 0.2) is 29.4 Å². The highest BCUT2D eigenvalue weighted by molar-refractivity contribution is 5.79. The average molecular weight is 208 g/mol. The Hall–Kier alpha value is -1.55. The van der Waals surface area contributed by atoms with Crippen molar-refractivity contribution in [2.75, 3.05) is 27.4 Å². The van der Waals surface area contributed by atoms with Crippen molar-refractivity contribution in [3.63, 3.8) is 0 Å². The van der Waals surface area contributed by atoms with Crippen molar-refractivity contribution in [2.45, 2.75) is 0 Å². The number of hydrogen-bond donors (Lipinski definition) is 1. The maximum absolute atomic E-state index is 5.46. The molecule has 0 amide bonds. The Morgan fingerprint density at radius 1 is 1.40 bits per heavy atom. The maximum Gasteiger partial charge on any atom is 0.120 e. The van der Waals surface area contributed by atoms with Gasteiger partial charge in [0.15, 0.2) is 0 Å². The molecule has 1 aromatic carbocycles. The third-order valence-corrected chi connectivity index (χ3v) is 1.76. The molecule has 1 aromatic rings. The molecule has 4 heteroatoms. The van der Waals surface area contributed by atoms with Gasteiger partial charge in [-0.25, -0.2) is 0 Å². The summed E-state index contributed by atoms with van der Waals surface area (Å²) in [5, 5.41) is 3.92. The van der Waals surface area contributed by atoms with Crippen LogP contribution in [-0.2, 0) is 4.74 Å². The number of hydrazone groups is 1. The summed E-state index contributed by atoms with van der Waals surface area (Å²) in [6.07, 6.45) is 1.74. The zero-order valence-corrected chi connectivity index (χ0v) is 9.06. The highest BCUT2D eigenvalue weighted by Crippen LogP contribution is 2.11. The second-order valence-electron chi connectivity index (χ2n) is 2.90. The van der Waals surface area contributed by atoms with Crippen LogP contribution in [0.4, 0.5) is 0 Å². The van der Waals surface area contributed by atoms with Crippen LogP contribution in [0.2, 0.25) is 0 Å². The van der Waals surface area contributed by atoms with Crippen LogP contribution in [0.25, 0.3) is 0 Å². The van der Waals surface area contributed by atoms with E-state index in [0.29, 0.717) is 13.2 Å². The molecule has 1 rings (SSSR count). The van der Waals surface area contributed by atoms with Gasteiger partial charge in [-0.15, -0.1) is 0 Å². The molecule has 0 aliphatic rings. The van der Waals surface area contributed by atoms with Crippen molar-refractivity contribution in [3.8, 4) is 5.75 Å². The number of nitrogens with zero attached hydrogens (tertiary/aromatic N) is 1. The van der Waals surface area contributed by atoms with Crippen molar-refractivity contribution < 1.29 is 9.47 Å². The van der Waals surface area contributed by atoms with E-state index in [9.17, 15) is 0 Å². The molecule has 0 aromatic heterocycles. The highest BCUT2D eigenvalue weighted by Gasteiger charge is 1.94. The summed E-state index contributed by atoms with van der Waals surface area (Å²) >= 11 is 0. The zero-order chi connectivity index (χ0) is 10.9. The van der Waals surface area contributed by atoms with Gasteiger partial charge in [0.1, 0.15) is 12.4 Å². The minimum Gasteiger partial charge on any atom is -0.491 e.